The normalized spacial score (nSPS) is 14.4. The lowest BCUT2D eigenvalue weighted by atomic mass is 10.2. The molecule has 130 valence electrons. The number of ether oxygens (including phenoxy) is 1. The Morgan fingerprint density at radius 1 is 1.21 bits per heavy atom. The zero-order valence-corrected chi connectivity index (χ0v) is 13.7. The van der Waals surface area contributed by atoms with Crippen LogP contribution in [0.2, 0.25) is 0 Å². The van der Waals surface area contributed by atoms with Gasteiger partial charge in [-0.1, -0.05) is 0 Å². The van der Waals surface area contributed by atoms with Gasteiger partial charge in [0, 0.05) is 0 Å². The van der Waals surface area contributed by atoms with Crippen LogP contribution in [0.4, 0.5) is 10.7 Å². The van der Waals surface area contributed by atoms with Gasteiger partial charge in [0.2, 0.25) is 5.95 Å². The number of carbonyl (C=O) groups excluding carboxylic acids is 1. The van der Waals surface area contributed by atoms with Crippen LogP contribution >= 0.6 is 0 Å². The fourth-order valence-corrected chi connectivity index (χ4v) is 3.50. The molecule has 24 heavy (non-hydrogen) atoms. The molecule has 11 nitrogen and oxygen atoms in total. The summed E-state index contributed by atoms with van der Waals surface area (Å²) in [5.74, 6) is -1.26. The van der Waals surface area contributed by atoms with E-state index in [1.807, 2.05) is 0 Å². The molecule has 1 aromatic rings. The quantitative estimate of drug-likeness (QED) is 0.666. The number of nitrogens with one attached hydrogen (secondary N) is 2. The minimum Gasteiger partial charge on any atom is -0.478 e. The molecule has 1 aromatic heterocycles. The Morgan fingerprint density at radius 3 is 2.54 bits per heavy atom. The molecule has 0 aromatic carbocycles. The Kier molecular flexibility index (Phi) is 4.97. The van der Waals surface area contributed by atoms with E-state index >= 15 is 0 Å². The number of sulfonamides is 1. The first kappa shape index (κ1) is 17.6. The van der Waals surface area contributed by atoms with Crippen LogP contribution in [0.1, 0.15) is 25.1 Å². The number of urea groups is 1. The van der Waals surface area contributed by atoms with Crippen LogP contribution in [0.5, 0.6) is 6.01 Å². The lowest BCUT2D eigenvalue weighted by Gasteiger charge is -2.10. The van der Waals surface area contributed by atoms with E-state index in [0.717, 1.165) is 0 Å². The number of allylic oxidation sites excluding steroid dienone is 1. The van der Waals surface area contributed by atoms with Crippen molar-refractivity contribution in [2.45, 2.75) is 26.2 Å². The highest BCUT2D eigenvalue weighted by molar-refractivity contribution is 7.94. The van der Waals surface area contributed by atoms with Crippen molar-refractivity contribution in [1.29, 1.82) is 0 Å². The van der Waals surface area contributed by atoms with Crippen LogP contribution < -0.4 is 14.8 Å². The van der Waals surface area contributed by atoms with Gasteiger partial charge in [-0.15, -0.1) is 0 Å². The second-order valence-electron chi connectivity index (χ2n) is 4.81. The van der Waals surface area contributed by atoms with Crippen molar-refractivity contribution in [3.8, 4) is 6.01 Å². The number of hydrogen-bond acceptors (Lipinski definition) is 8. The Bertz CT molecular complexity index is 819. The standard InChI is InChI=1S/C12H15N5O6S/c1-6-13-10(16-12(14-6)23-2)15-11(20)17-24(21,22)8-5-3-4-7(8)9(18)19/h3-5H2,1-2H3,(H,18,19)(H2,13,14,15,16,17,20). The third kappa shape index (κ3) is 3.95. The summed E-state index contributed by atoms with van der Waals surface area (Å²) in [6.07, 6.45) is 0.587. The van der Waals surface area contributed by atoms with Crippen molar-refractivity contribution in [1.82, 2.24) is 19.7 Å². The van der Waals surface area contributed by atoms with Gasteiger partial charge in [0.15, 0.2) is 0 Å². The molecule has 0 fully saturated rings. The number of carboxylic acids is 1. The SMILES string of the molecule is COc1nc(C)nc(NC(=O)NS(=O)(=O)C2=C(C(=O)O)CCC2)n1. The van der Waals surface area contributed by atoms with Gasteiger partial charge in [0.25, 0.3) is 10.0 Å². The Hall–Kier alpha value is -2.76. The van der Waals surface area contributed by atoms with Gasteiger partial charge in [0.05, 0.1) is 17.6 Å². The second-order valence-corrected chi connectivity index (χ2v) is 6.52. The third-order valence-electron chi connectivity index (χ3n) is 3.11. The number of anilines is 1. The van der Waals surface area contributed by atoms with Crippen molar-refractivity contribution in [2.75, 3.05) is 12.4 Å². The van der Waals surface area contributed by atoms with Crippen LogP contribution in [0.15, 0.2) is 10.5 Å². The summed E-state index contributed by atoms with van der Waals surface area (Å²) < 4.78 is 30.9. The second kappa shape index (κ2) is 6.78. The summed E-state index contributed by atoms with van der Waals surface area (Å²) in [5.41, 5.74) is -0.215. The first-order chi connectivity index (χ1) is 11.2. The van der Waals surface area contributed by atoms with Gasteiger partial charge in [-0.3, -0.25) is 5.32 Å². The molecule has 2 rings (SSSR count). The molecule has 2 amide bonds. The van der Waals surface area contributed by atoms with Crippen molar-refractivity contribution < 1.29 is 27.9 Å². The molecular formula is C12H15N5O6S. The Balaban J connectivity index is 2.16. The molecule has 12 heteroatoms. The lowest BCUT2D eigenvalue weighted by Crippen LogP contribution is -2.36. The van der Waals surface area contributed by atoms with Crippen LogP contribution in [-0.4, -0.2) is 47.6 Å². The summed E-state index contributed by atoms with van der Waals surface area (Å²) in [6.45, 7) is 1.53. The summed E-state index contributed by atoms with van der Waals surface area (Å²) in [7, 11) is -2.94. The molecule has 0 radical (unpaired) electrons. The third-order valence-corrected chi connectivity index (χ3v) is 4.66. The van der Waals surface area contributed by atoms with E-state index in [4.69, 9.17) is 9.84 Å². The van der Waals surface area contributed by atoms with Gasteiger partial charge in [-0.05, 0) is 26.2 Å². The summed E-state index contributed by atoms with van der Waals surface area (Å²) in [6, 6.07) is -1.17. The smallest absolute Gasteiger partial charge is 0.335 e. The molecule has 0 saturated carbocycles. The molecule has 1 heterocycles. The van der Waals surface area contributed by atoms with Crippen LogP contribution in [0.25, 0.3) is 0 Å². The van der Waals surface area contributed by atoms with Crippen molar-refractivity contribution >= 4 is 28.0 Å². The number of aliphatic carboxylic acids is 1. The predicted molar refractivity (Wildman–Crippen MR) is 80.7 cm³/mol. The molecule has 1 aliphatic carbocycles. The highest BCUT2D eigenvalue weighted by atomic mass is 32.2. The number of carbonyl (C=O) groups is 2. The number of methoxy groups -OCH3 is 1. The summed E-state index contributed by atoms with van der Waals surface area (Å²) >= 11 is 0. The topological polar surface area (TPSA) is 160 Å². The van der Waals surface area contributed by atoms with Gasteiger partial charge >= 0.3 is 18.0 Å². The highest BCUT2D eigenvalue weighted by Gasteiger charge is 2.31. The molecular weight excluding hydrogens is 342 g/mol. The average Bonchev–Trinajstić information content (AvgIpc) is 2.96. The maximum atomic E-state index is 12.2. The number of aromatic nitrogens is 3. The van der Waals surface area contributed by atoms with Gasteiger partial charge in [-0.25, -0.2) is 22.7 Å². The zero-order valence-electron chi connectivity index (χ0n) is 12.9. The lowest BCUT2D eigenvalue weighted by molar-refractivity contribution is -0.132. The van der Waals surface area contributed by atoms with Gasteiger partial charge in [-0.2, -0.15) is 15.0 Å². The monoisotopic (exact) mass is 357 g/mol. The number of carboxylic acid groups (broad SMARTS) is 1. The van der Waals surface area contributed by atoms with Gasteiger partial charge in [0.1, 0.15) is 5.82 Å². The van der Waals surface area contributed by atoms with Crippen molar-refractivity contribution in [2.24, 2.45) is 0 Å². The average molecular weight is 357 g/mol. The maximum Gasteiger partial charge on any atom is 0.335 e. The number of rotatable bonds is 5. The van der Waals surface area contributed by atoms with E-state index in [-0.39, 0.29) is 41.1 Å². The number of aryl methyl sites for hydroxylation is 1. The highest BCUT2D eigenvalue weighted by Crippen LogP contribution is 2.29. The molecule has 0 saturated heterocycles. The van der Waals surface area contributed by atoms with Crippen molar-refractivity contribution in [3.63, 3.8) is 0 Å². The molecule has 3 N–H and O–H groups in total. The maximum absolute atomic E-state index is 12.2. The van der Waals surface area contributed by atoms with Crippen LogP contribution in [0.3, 0.4) is 0 Å². The minimum absolute atomic E-state index is 0.0488. The van der Waals surface area contributed by atoms with Crippen LogP contribution in [-0.2, 0) is 14.8 Å². The van der Waals surface area contributed by atoms with E-state index in [1.165, 1.54) is 14.0 Å². The fraction of sp³-hybridized carbons (Fsp3) is 0.417. The van der Waals surface area contributed by atoms with E-state index in [9.17, 15) is 18.0 Å². The van der Waals surface area contributed by atoms with E-state index < -0.39 is 22.0 Å². The van der Waals surface area contributed by atoms with Gasteiger partial charge < -0.3 is 9.84 Å². The molecule has 0 aliphatic heterocycles. The molecule has 0 bridgehead atoms. The fourth-order valence-electron chi connectivity index (χ4n) is 2.15. The molecule has 0 unspecified atom stereocenters. The molecule has 0 spiro atoms. The molecule has 1 aliphatic rings. The summed E-state index contributed by atoms with van der Waals surface area (Å²) in [5, 5.41) is 11.2. The number of nitrogens with zero attached hydrogens (tertiary/aromatic N) is 3. The Morgan fingerprint density at radius 2 is 1.92 bits per heavy atom. The van der Waals surface area contributed by atoms with Crippen molar-refractivity contribution in [3.05, 3.63) is 16.3 Å². The van der Waals surface area contributed by atoms with E-state index in [0.29, 0.717) is 6.42 Å². The van der Waals surface area contributed by atoms with E-state index in [1.54, 1.807) is 4.72 Å². The van der Waals surface area contributed by atoms with E-state index in [2.05, 4.69) is 20.3 Å². The number of amides is 2. The Labute approximate surface area is 137 Å². The minimum atomic E-state index is -4.27. The summed E-state index contributed by atoms with van der Waals surface area (Å²) in [4.78, 5) is 34.0. The predicted octanol–water partition coefficient (Wildman–Crippen LogP) is 0.163. The first-order valence-electron chi connectivity index (χ1n) is 6.78. The van der Waals surface area contributed by atoms with Crippen LogP contribution in [0, 0.1) is 6.92 Å². The zero-order chi connectivity index (χ0) is 17.9. The largest absolute Gasteiger partial charge is 0.478 e. The first-order valence-corrected chi connectivity index (χ1v) is 8.27. The molecule has 0 atom stereocenters. The number of hydrogen-bond donors (Lipinski definition) is 3.